The summed E-state index contributed by atoms with van der Waals surface area (Å²) in [4.78, 5) is 2.61. The quantitative estimate of drug-likeness (QED) is 0.851. The molecule has 1 N–H and O–H groups in total. The number of hydrogen-bond acceptors (Lipinski definition) is 2. The van der Waals surface area contributed by atoms with E-state index in [1.165, 1.54) is 54.7 Å². The molecule has 1 fully saturated rings. The Hall–Kier alpha value is -0.860. The lowest BCUT2D eigenvalue weighted by Crippen LogP contribution is -2.33. The number of nitrogens with one attached hydrogen (secondary N) is 1. The Labute approximate surface area is 130 Å². The fraction of sp³-hybridized carbons (Fsp3) is 0.684. The maximum atomic E-state index is 3.75. The molecule has 0 aliphatic carbocycles. The summed E-state index contributed by atoms with van der Waals surface area (Å²) < 4.78 is 0. The van der Waals surface area contributed by atoms with Gasteiger partial charge in [0.1, 0.15) is 0 Å². The molecule has 0 saturated carbocycles. The van der Waals surface area contributed by atoms with Crippen molar-refractivity contribution in [1.29, 1.82) is 0 Å². The summed E-state index contributed by atoms with van der Waals surface area (Å²) in [5.74, 6) is 0.719. The lowest BCUT2D eigenvalue weighted by molar-refractivity contribution is 0.279. The lowest BCUT2D eigenvalue weighted by atomic mass is 9.94. The van der Waals surface area contributed by atoms with Gasteiger partial charge in [0.15, 0.2) is 0 Å². The first kappa shape index (κ1) is 16.5. The Morgan fingerprint density at radius 3 is 2.19 bits per heavy atom. The molecule has 21 heavy (non-hydrogen) atoms. The van der Waals surface area contributed by atoms with E-state index in [4.69, 9.17) is 0 Å². The Kier molecular flexibility index (Phi) is 5.83. The van der Waals surface area contributed by atoms with Crippen LogP contribution in [-0.4, -0.2) is 31.1 Å². The molecule has 2 heteroatoms. The van der Waals surface area contributed by atoms with E-state index in [-0.39, 0.29) is 0 Å². The highest BCUT2D eigenvalue weighted by molar-refractivity contribution is 5.39. The van der Waals surface area contributed by atoms with Gasteiger partial charge in [0.2, 0.25) is 0 Å². The van der Waals surface area contributed by atoms with Gasteiger partial charge in [-0.2, -0.15) is 0 Å². The highest BCUT2D eigenvalue weighted by atomic mass is 15.1. The summed E-state index contributed by atoms with van der Waals surface area (Å²) in [5.41, 5.74) is 5.68. The van der Waals surface area contributed by atoms with Gasteiger partial charge in [-0.05, 0) is 82.8 Å². The molecule has 0 bridgehead atoms. The maximum Gasteiger partial charge on any atom is 0.0297 e. The van der Waals surface area contributed by atoms with Gasteiger partial charge in [-0.15, -0.1) is 0 Å². The summed E-state index contributed by atoms with van der Waals surface area (Å²) in [7, 11) is 0. The first-order chi connectivity index (χ1) is 9.97. The zero-order valence-electron chi connectivity index (χ0n) is 14.5. The monoisotopic (exact) mass is 288 g/mol. The number of hydrogen-bond donors (Lipinski definition) is 1. The van der Waals surface area contributed by atoms with Crippen LogP contribution in [0.2, 0.25) is 0 Å². The zero-order valence-corrected chi connectivity index (χ0v) is 14.5. The van der Waals surface area contributed by atoms with E-state index in [9.17, 15) is 0 Å². The van der Waals surface area contributed by atoms with Crippen molar-refractivity contribution in [2.45, 2.75) is 53.5 Å². The van der Waals surface area contributed by atoms with E-state index >= 15 is 0 Å². The van der Waals surface area contributed by atoms with Gasteiger partial charge in [0.05, 0.1) is 0 Å². The zero-order chi connectivity index (χ0) is 15.4. The average molecular weight is 288 g/mol. The van der Waals surface area contributed by atoms with E-state index in [0.717, 1.165) is 12.5 Å². The molecule has 1 aliphatic rings. The van der Waals surface area contributed by atoms with E-state index in [1.54, 1.807) is 0 Å². The summed E-state index contributed by atoms with van der Waals surface area (Å²) in [5, 5.41) is 3.75. The minimum atomic E-state index is 0.437. The molecule has 0 radical (unpaired) electrons. The molecular weight excluding hydrogens is 256 g/mol. The van der Waals surface area contributed by atoms with Gasteiger partial charge in [-0.3, -0.25) is 0 Å². The topological polar surface area (TPSA) is 15.3 Å². The van der Waals surface area contributed by atoms with Crippen molar-refractivity contribution >= 4 is 0 Å². The Balaban J connectivity index is 1.87. The number of benzene rings is 1. The van der Waals surface area contributed by atoms with E-state index < -0.39 is 0 Å². The number of nitrogens with zero attached hydrogens (tertiary/aromatic N) is 1. The molecule has 2 rings (SSSR count). The molecule has 2 nitrogen and oxygen atoms in total. The third-order valence-electron chi connectivity index (χ3n) is 4.71. The van der Waals surface area contributed by atoms with E-state index in [0.29, 0.717) is 6.04 Å². The highest BCUT2D eigenvalue weighted by Crippen LogP contribution is 2.23. The first-order valence-corrected chi connectivity index (χ1v) is 8.51. The van der Waals surface area contributed by atoms with E-state index in [2.05, 4.69) is 57.0 Å². The Morgan fingerprint density at radius 1 is 1.05 bits per heavy atom. The molecule has 118 valence electrons. The third kappa shape index (κ3) is 4.55. The van der Waals surface area contributed by atoms with Crippen molar-refractivity contribution in [2.75, 3.05) is 26.2 Å². The van der Waals surface area contributed by atoms with Gasteiger partial charge < -0.3 is 10.2 Å². The van der Waals surface area contributed by atoms with Crippen LogP contribution in [0.15, 0.2) is 12.1 Å². The second-order valence-corrected chi connectivity index (χ2v) is 7.06. The van der Waals surface area contributed by atoms with Crippen LogP contribution >= 0.6 is 0 Å². The molecule has 1 aromatic rings. The molecule has 0 aromatic heterocycles. The van der Waals surface area contributed by atoms with Crippen molar-refractivity contribution in [3.05, 3.63) is 34.4 Å². The van der Waals surface area contributed by atoms with Gasteiger partial charge in [-0.1, -0.05) is 24.6 Å². The standard InChI is InChI=1S/C19H32N2/c1-14-10-16(3)19(17(4)11-14)18(5)20-12-15(2)13-21-8-6-7-9-21/h10-11,15,18,20H,6-9,12-13H2,1-5H3. The molecule has 2 atom stereocenters. The van der Waals surface area contributed by atoms with Crippen LogP contribution in [0.3, 0.4) is 0 Å². The molecule has 1 aliphatic heterocycles. The molecular formula is C19H32N2. The first-order valence-electron chi connectivity index (χ1n) is 8.51. The summed E-state index contributed by atoms with van der Waals surface area (Å²) >= 11 is 0. The van der Waals surface area contributed by atoms with Crippen LogP contribution in [0.25, 0.3) is 0 Å². The molecule has 0 spiro atoms. The van der Waals surface area contributed by atoms with Crippen LogP contribution in [0.1, 0.15) is 55.0 Å². The Morgan fingerprint density at radius 2 is 1.62 bits per heavy atom. The molecule has 2 unspecified atom stereocenters. The highest BCUT2D eigenvalue weighted by Gasteiger charge is 2.16. The normalized spacial score (nSPS) is 18.9. The number of rotatable bonds is 6. The van der Waals surface area contributed by atoms with Crippen LogP contribution in [0.4, 0.5) is 0 Å². The summed E-state index contributed by atoms with van der Waals surface area (Å²) in [6.07, 6.45) is 2.77. The minimum Gasteiger partial charge on any atom is -0.310 e. The number of likely N-dealkylation sites (tertiary alicyclic amines) is 1. The van der Waals surface area contributed by atoms with Gasteiger partial charge >= 0.3 is 0 Å². The minimum absolute atomic E-state index is 0.437. The van der Waals surface area contributed by atoms with Crippen molar-refractivity contribution in [1.82, 2.24) is 10.2 Å². The predicted molar refractivity (Wildman–Crippen MR) is 91.9 cm³/mol. The predicted octanol–water partition coefficient (Wildman–Crippen LogP) is 3.99. The fourth-order valence-corrected chi connectivity index (χ4v) is 3.82. The van der Waals surface area contributed by atoms with Crippen LogP contribution in [0.5, 0.6) is 0 Å². The van der Waals surface area contributed by atoms with Gasteiger partial charge in [-0.25, -0.2) is 0 Å². The second kappa shape index (κ2) is 7.42. The van der Waals surface area contributed by atoms with Crippen molar-refractivity contribution in [3.63, 3.8) is 0 Å². The molecule has 1 aromatic carbocycles. The van der Waals surface area contributed by atoms with Crippen LogP contribution in [0, 0.1) is 26.7 Å². The van der Waals surface area contributed by atoms with Crippen LogP contribution < -0.4 is 5.32 Å². The van der Waals surface area contributed by atoms with Gasteiger partial charge in [0.25, 0.3) is 0 Å². The number of aryl methyl sites for hydroxylation is 3. The molecule has 1 heterocycles. The largest absolute Gasteiger partial charge is 0.310 e. The van der Waals surface area contributed by atoms with Crippen molar-refractivity contribution < 1.29 is 0 Å². The molecule has 1 saturated heterocycles. The van der Waals surface area contributed by atoms with Gasteiger partial charge in [0, 0.05) is 12.6 Å². The fourth-order valence-electron chi connectivity index (χ4n) is 3.82. The Bertz CT molecular complexity index is 438. The van der Waals surface area contributed by atoms with Crippen molar-refractivity contribution in [2.24, 2.45) is 5.92 Å². The third-order valence-corrected chi connectivity index (χ3v) is 4.71. The SMILES string of the molecule is Cc1cc(C)c(C(C)NCC(C)CN2CCCC2)c(C)c1. The van der Waals surface area contributed by atoms with Crippen molar-refractivity contribution in [3.8, 4) is 0 Å². The van der Waals surface area contributed by atoms with E-state index in [1.807, 2.05) is 0 Å². The second-order valence-electron chi connectivity index (χ2n) is 7.06. The maximum absolute atomic E-state index is 3.75. The smallest absolute Gasteiger partial charge is 0.0297 e. The van der Waals surface area contributed by atoms with Crippen LogP contribution in [-0.2, 0) is 0 Å². The summed E-state index contributed by atoms with van der Waals surface area (Å²) in [6.45, 7) is 16.3. The summed E-state index contributed by atoms with van der Waals surface area (Å²) in [6, 6.07) is 5.04. The average Bonchev–Trinajstić information content (AvgIpc) is 2.88. The molecule has 0 amide bonds. The lowest BCUT2D eigenvalue weighted by Gasteiger charge is -2.24.